The molecule has 0 N–H and O–H groups in total. The Kier molecular flexibility index (Phi) is 4.51. The molecule has 0 aromatic heterocycles. The molecular weight excluding hydrogens is 161 g/mol. The molecule has 3 heteroatoms. The minimum Gasteiger partial charge on any atom is -0.198 e. The minimum absolute atomic E-state index is 0.113. The number of halogens is 1. The summed E-state index contributed by atoms with van der Waals surface area (Å²) in [5.74, 6) is 0. The second-order valence-electron chi connectivity index (χ2n) is 3.00. The van der Waals surface area contributed by atoms with Crippen molar-refractivity contribution in [3.8, 4) is 6.07 Å². The Hall–Kier alpha value is -0.230. The topological polar surface area (TPSA) is 23.8 Å². The maximum atomic E-state index is 13.4. The van der Waals surface area contributed by atoms with Gasteiger partial charge in [-0.1, -0.05) is 17.3 Å². The first-order valence-corrected chi connectivity index (χ1v) is 6.22. The van der Waals surface area contributed by atoms with E-state index in [0.29, 0.717) is 12.8 Å². The van der Waals surface area contributed by atoms with Crippen molar-refractivity contribution in [2.24, 2.45) is 0 Å². The quantitative estimate of drug-likeness (QED) is 0.647. The Balaban J connectivity index is 3.88. The first kappa shape index (κ1) is 10.8. The van der Waals surface area contributed by atoms with Gasteiger partial charge in [0.05, 0.1) is 6.07 Å². The third-order valence-corrected chi connectivity index (χ3v) is 3.98. The molecule has 1 nitrogen and oxygen atoms in total. The number of rotatable bonds is 4. The molecule has 0 heterocycles. The summed E-state index contributed by atoms with van der Waals surface area (Å²) in [6.45, 7) is 1.98. The molecule has 1 unspecified atom stereocenters. The van der Waals surface area contributed by atoms with Crippen LogP contribution in [-0.2, 0) is 0 Å². The standard InChI is InChI=1S/C8H16FNS/c1-4-8(6-5-7-10)11(2,3)9/h8H,4-6H2,1-3H3. The van der Waals surface area contributed by atoms with Crippen LogP contribution in [0.25, 0.3) is 0 Å². The molecule has 0 saturated heterocycles. The molecular formula is C8H16FNS. The lowest BCUT2D eigenvalue weighted by Gasteiger charge is -2.29. The number of hydrogen-bond donors (Lipinski definition) is 0. The fourth-order valence-corrected chi connectivity index (χ4v) is 2.58. The van der Waals surface area contributed by atoms with E-state index in [0.717, 1.165) is 6.42 Å². The third kappa shape index (κ3) is 4.26. The van der Waals surface area contributed by atoms with E-state index in [2.05, 4.69) is 6.07 Å². The lowest BCUT2D eigenvalue weighted by molar-refractivity contribution is 0.713. The van der Waals surface area contributed by atoms with E-state index < -0.39 is 10.4 Å². The largest absolute Gasteiger partial charge is 0.198 e. The second-order valence-corrected chi connectivity index (χ2v) is 6.23. The summed E-state index contributed by atoms with van der Waals surface area (Å²) in [5.41, 5.74) is 0. The molecule has 0 amide bonds. The fraction of sp³-hybridized carbons (Fsp3) is 0.875. The normalized spacial score (nSPS) is 15.5. The second kappa shape index (κ2) is 4.61. The predicted octanol–water partition coefficient (Wildman–Crippen LogP) is 3.02. The maximum Gasteiger partial charge on any atom is 0.0622 e. The molecule has 0 rings (SSSR count). The molecule has 11 heavy (non-hydrogen) atoms. The van der Waals surface area contributed by atoms with Gasteiger partial charge in [-0.05, 0) is 25.4 Å². The Morgan fingerprint density at radius 2 is 2.09 bits per heavy atom. The monoisotopic (exact) mass is 177 g/mol. The van der Waals surface area contributed by atoms with E-state index in [9.17, 15) is 3.89 Å². The van der Waals surface area contributed by atoms with Crippen LogP contribution >= 0.6 is 10.4 Å². The van der Waals surface area contributed by atoms with Crippen molar-refractivity contribution in [1.82, 2.24) is 0 Å². The van der Waals surface area contributed by atoms with Crippen LogP contribution in [-0.4, -0.2) is 17.8 Å². The van der Waals surface area contributed by atoms with E-state index in [1.807, 2.05) is 6.92 Å². The first-order chi connectivity index (χ1) is 5.02. The van der Waals surface area contributed by atoms with Gasteiger partial charge in [-0.3, -0.25) is 0 Å². The van der Waals surface area contributed by atoms with Gasteiger partial charge in [-0.2, -0.15) is 9.15 Å². The van der Waals surface area contributed by atoms with Crippen LogP contribution in [0.3, 0.4) is 0 Å². The van der Waals surface area contributed by atoms with Crippen LogP contribution < -0.4 is 0 Å². The molecule has 66 valence electrons. The van der Waals surface area contributed by atoms with Crippen molar-refractivity contribution in [3.63, 3.8) is 0 Å². The molecule has 0 fully saturated rings. The van der Waals surface area contributed by atoms with Crippen LogP contribution in [0.2, 0.25) is 0 Å². The van der Waals surface area contributed by atoms with Crippen molar-refractivity contribution in [2.45, 2.75) is 31.4 Å². The summed E-state index contributed by atoms with van der Waals surface area (Å²) in [7, 11) is -1.94. The van der Waals surface area contributed by atoms with Crippen molar-refractivity contribution in [3.05, 3.63) is 0 Å². The molecule has 0 saturated carbocycles. The van der Waals surface area contributed by atoms with Crippen LogP contribution in [0, 0.1) is 11.3 Å². The van der Waals surface area contributed by atoms with Crippen LogP contribution in [0.1, 0.15) is 26.2 Å². The van der Waals surface area contributed by atoms with E-state index >= 15 is 0 Å². The lowest BCUT2D eigenvalue weighted by atomic mass is 10.2. The van der Waals surface area contributed by atoms with Crippen molar-refractivity contribution >= 4 is 10.4 Å². The Labute approximate surface area is 70.2 Å². The Bertz CT molecular complexity index is 145. The Morgan fingerprint density at radius 1 is 1.55 bits per heavy atom. The average molecular weight is 177 g/mol. The number of hydrogen-bond acceptors (Lipinski definition) is 1. The first-order valence-electron chi connectivity index (χ1n) is 3.81. The van der Waals surface area contributed by atoms with E-state index in [4.69, 9.17) is 5.26 Å². The van der Waals surface area contributed by atoms with E-state index in [-0.39, 0.29) is 5.25 Å². The molecule has 0 bridgehead atoms. The Morgan fingerprint density at radius 3 is 2.36 bits per heavy atom. The summed E-state index contributed by atoms with van der Waals surface area (Å²) in [5, 5.41) is 8.43. The van der Waals surface area contributed by atoms with E-state index in [1.165, 1.54) is 0 Å². The van der Waals surface area contributed by atoms with Gasteiger partial charge in [0, 0.05) is 11.7 Å². The molecule has 0 aromatic carbocycles. The smallest absolute Gasteiger partial charge is 0.0622 e. The number of nitrogens with zero attached hydrogens (tertiary/aromatic N) is 1. The molecule has 0 aliphatic rings. The van der Waals surface area contributed by atoms with Gasteiger partial charge in [-0.25, -0.2) is 0 Å². The molecule has 0 aliphatic carbocycles. The molecule has 1 atom stereocenters. The molecule has 0 aromatic rings. The predicted molar refractivity (Wildman–Crippen MR) is 49.5 cm³/mol. The number of nitriles is 1. The zero-order valence-electron chi connectivity index (χ0n) is 7.43. The maximum absolute atomic E-state index is 13.4. The van der Waals surface area contributed by atoms with E-state index in [1.54, 1.807) is 12.5 Å². The highest BCUT2D eigenvalue weighted by molar-refractivity contribution is 8.28. The van der Waals surface area contributed by atoms with Gasteiger partial charge in [0.1, 0.15) is 0 Å². The highest BCUT2D eigenvalue weighted by atomic mass is 32.3. The van der Waals surface area contributed by atoms with Crippen LogP contribution in [0.15, 0.2) is 0 Å². The highest BCUT2D eigenvalue weighted by Crippen LogP contribution is 2.49. The summed E-state index contributed by atoms with van der Waals surface area (Å²) in [6, 6.07) is 2.05. The fourth-order valence-electron chi connectivity index (χ4n) is 1.11. The van der Waals surface area contributed by atoms with Crippen LogP contribution in [0.5, 0.6) is 0 Å². The van der Waals surface area contributed by atoms with Gasteiger partial charge < -0.3 is 0 Å². The van der Waals surface area contributed by atoms with Gasteiger partial charge in [0.25, 0.3) is 0 Å². The summed E-state index contributed by atoms with van der Waals surface area (Å²) in [4.78, 5) is 0. The van der Waals surface area contributed by atoms with Crippen molar-refractivity contribution in [2.75, 3.05) is 12.5 Å². The highest BCUT2D eigenvalue weighted by Gasteiger charge is 2.21. The molecule has 0 spiro atoms. The lowest BCUT2D eigenvalue weighted by Crippen LogP contribution is -2.11. The van der Waals surface area contributed by atoms with Crippen molar-refractivity contribution in [1.29, 1.82) is 5.26 Å². The van der Waals surface area contributed by atoms with Crippen molar-refractivity contribution < 1.29 is 3.89 Å². The van der Waals surface area contributed by atoms with Gasteiger partial charge in [0.2, 0.25) is 0 Å². The summed E-state index contributed by atoms with van der Waals surface area (Å²) in [6.07, 6.45) is 5.38. The zero-order valence-corrected chi connectivity index (χ0v) is 8.25. The average Bonchev–Trinajstić information content (AvgIpc) is 1.87. The third-order valence-electron chi connectivity index (χ3n) is 1.83. The summed E-state index contributed by atoms with van der Waals surface area (Å²) >= 11 is 0. The van der Waals surface area contributed by atoms with Gasteiger partial charge >= 0.3 is 0 Å². The summed E-state index contributed by atoms with van der Waals surface area (Å²) < 4.78 is 13.4. The zero-order chi connectivity index (χ0) is 8.91. The SMILES string of the molecule is CCC(CCC#N)S(C)(C)F. The molecule has 0 aliphatic heterocycles. The minimum atomic E-state index is -1.94. The van der Waals surface area contributed by atoms with Gasteiger partial charge in [-0.15, -0.1) is 0 Å². The molecule has 0 radical (unpaired) electrons. The van der Waals surface area contributed by atoms with Crippen LogP contribution in [0.4, 0.5) is 3.89 Å². The van der Waals surface area contributed by atoms with Gasteiger partial charge in [0.15, 0.2) is 0 Å².